The number of nitrogens with one attached hydrogen (secondary N) is 1. The molecule has 0 fully saturated rings. The molecule has 2 rings (SSSR count). The maximum Gasteiger partial charge on any atom is 0.159 e. The predicted molar refractivity (Wildman–Crippen MR) is 79.1 cm³/mol. The van der Waals surface area contributed by atoms with Crippen LogP contribution in [0.15, 0.2) is 24.4 Å². The summed E-state index contributed by atoms with van der Waals surface area (Å²) in [4.78, 5) is 4.44. The molecule has 0 aromatic carbocycles. The molecule has 4 heteroatoms. The van der Waals surface area contributed by atoms with Crippen molar-refractivity contribution < 1.29 is 0 Å². The average Bonchev–Trinajstić information content (AvgIpc) is 2.41. The lowest BCUT2D eigenvalue weighted by atomic mass is 10.2. The molecule has 0 spiro atoms. The topological polar surface area (TPSA) is 29.9 Å². The van der Waals surface area contributed by atoms with Gasteiger partial charge in [0.1, 0.15) is 4.64 Å². The number of hydrogen-bond acceptors (Lipinski definition) is 3. The van der Waals surface area contributed by atoms with E-state index in [-0.39, 0.29) is 0 Å². The summed E-state index contributed by atoms with van der Waals surface area (Å²) in [7, 11) is 0. The monoisotopic (exact) mass is 261 g/mol. The summed E-state index contributed by atoms with van der Waals surface area (Å²) >= 11 is 5.55. The Kier molecular flexibility index (Phi) is 3.97. The summed E-state index contributed by atoms with van der Waals surface area (Å²) in [6, 6.07) is 6.54. The van der Waals surface area contributed by atoms with E-state index in [1.54, 1.807) is 6.20 Å². The van der Waals surface area contributed by atoms with Crippen molar-refractivity contribution in [3.63, 3.8) is 0 Å². The summed E-state index contributed by atoms with van der Waals surface area (Å²) in [5.41, 5.74) is 5.51. The van der Waals surface area contributed by atoms with Crippen LogP contribution in [-0.4, -0.2) is 15.7 Å². The second kappa shape index (κ2) is 5.48. The van der Waals surface area contributed by atoms with Gasteiger partial charge in [-0.05, 0) is 43.5 Å². The molecule has 18 heavy (non-hydrogen) atoms. The normalized spacial score (nSPS) is 12.6. The fourth-order valence-electron chi connectivity index (χ4n) is 1.88. The molecule has 1 atom stereocenters. The number of aryl methyl sites for hydroxylation is 1. The number of hydrogen-bond donors (Lipinski definition) is 1. The summed E-state index contributed by atoms with van der Waals surface area (Å²) in [5.74, 6) is 0. The minimum absolute atomic E-state index is 0.369. The van der Waals surface area contributed by atoms with E-state index in [4.69, 9.17) is 12.2 Å². The van der Waals surface area contributed by atoms with Gasteiger partial charge in [0.25, 0.3) is 0 Å². The van der Waals surface area contributed by atoms with Gasteiger partial charge >= 0.3 is 0 Å². The Labute approximate surface area is 113 Å². The molecule has 0 aliphatic rings. The predicted octanol–water partition coefficient (Wildman–Crippen LogP) is 3.67. The standard InChI is InChI=1S/C14H19N3S/c1-4-10(3)16-17-13-12(7-6-8-15-13)9-11(5-2)14(17)18/h6-10,16H,4-5H2,1-3H3. The molecule has 2 aromatic heterocycles. The quantitative estimate of drug-likeness (QED) is 0.852. The van der Waals surface area contributed by atoms with E-state index in [9.17, 15) is 0 Å². The van der Waals surface area contributed by atoms with Crippen LogP contribution in [-0.2, 0) is 6.42 Å². The molecule has 0 saturated carbocycles. The minimum Gasteiger partial charge on any atom is -0.320 e. The van der Waals surface area contributed by atoms with Crippen LogP contribution in [0.1, 0.15) is 32.8 Å². The zero-order chi connectivity index (χ0) is 13.1. The second-order valence-corrected chi connectivity index (χ2v) is 4.91. The van der Waals surface area contributed by atoms with Crippen LogP contribution in [0.5, 0.6) is 0 Å². The number of nitrogens with zero attached hydrogens (tertiary/aromatic N) is 2. The fraction of sp³-hybridized carbons (Fsp3) is 0.429. The van der Waals surface area contributed by atoms with E-state index in [2.05, 4.69) is 43.3 Å². The van der Waals surface area contributed by atoms with Crippen molar-refractivity contribution in [1.29, 1.82) is 0 Å². The van der Waals surface area contributed by atoms with Crippen molar-refractivity contribution >= 4 is 23.3 Å². The first-order valence-electron chi connectivity index (χ1n) is 6.43. The number of pyridine rings is 2. The van der Waals surface area contributed by atoms with Gasteiger partial charge in [0.15, 0.2) is 5.65 Å². The molecular weight excluding hydrogens is 242 g/mol. The van der Waals surface area contributed by atoms with E-state index in [0.717, 1.165) is 28.5 Å². The van der Waals surface area contributed by atoms with Gasteiger partial charge in [0.05, 0.1) is 0 Å². The van der Waals surface area contributed by atoms with Gasteiger partial charge < -0.3 is 5.43 Å². The third-order valence-electron chi connectivity index (χ3n) is 3.18. The van der Waals surface area contributed by atoms with Crippen molar-refractivity contribution in [1.82, 2.24) is 9.66 Å². The molecule has 1 N–H and O–H groups in total. The molecule has 3 nitrogen and oxygen atoms in total. The third-order valence-corrected chi connectivity index (χ3v) is 3.62. The molecule has 0 saturated heterocycles. The summed E-state index contributed by atoms with van der Waals surface area (Å²) in [6.45, 7) is 6.43. The first-order chi connectivity index (χ1) is 8.67. The molecule has 0 radical (unpaired) electrons. The zero-order valence-corrected chi connectivity index (χ0v) is 11.9. The van der Waals surface area contributed by atoms with Gasteiger partial charge in [-0.2, -0.15) is 0 Å². The maximum absolute atomic E-state index is 5.55. The Bertz CT molecular complexity index is 604. The first-order valence-corrected chi connectivity index (χ1v) is 6.84. The van der Waals surface area contributed by atoms with Gasteiger partial charge in [-0.15, -0.1) is 0 Å². The van der Waals surface area contributed by atoms with Crippen LogP contribution >= 0.6 is 12.2 Å². The van der Waals surface area contributed by atoms with E-state index < -0.39 is 0 Å². The summed E-state index contributed by atoms with van der Waals surface area (Å²) in [5, 5.41) is 1.12. The second-order valence-electron chi connectivity index (χ2n) is 4.52. The van der Waals surface area contributed by atoms with Crippen LogP contribution in [0.2, 0.25) is 0 Å². The lowest BCUT2D eigenvalue weighted by Gasteiger charge is -2.19. The lowest BCUT2D eigenvalue weighted by Crippen LogP contribution is -2.26. The molecule has 0 aliphatic heterocycles. The highest BCUT2D eigenvalue weighted by Crippen LogP contribution is 2.16. The van der Waals surface area contributed by atoms with E-state index in [0.29, 0.717) is 6.04 Å². The number of rotatable bonds is 4. The Morgan fingerprint density at radius 2 is 2.22 bits per heavy atom. The zero-order valence-electron chi connectivity index (χ0n) is 11.1. The van der Waals surface area contributed by atoms with Crippen molar-refractivity contribution in [2.45, 2.75) is 39.7 Å². The van der Waals surface area contributed by atoms with E-state index in [1.165, 1.54) is 5.56 Å². The minimum atomic E-state index is 0.369. The first kappa shape index (κ1) is 13.0. The Balaban J connectivity index is 2.66. The van der Waals surface area contributed by atoms with Crippen molar-refractivity contribution in [2.24, 2.45) is 0 Å². The molecule has 2 heterocycles. The highest BCUT2D eigenvalue weighted by Gasteiger charge is 2.07. The van der Waals surface area contributed by atoms with Crippen LogP contribution in [0.3, 0.4) is 0 Å². The van der Waals surface area contributed by atoms with Gasteiger partial charge in [-0.3, -0.25) is 0 Å². The van der Waals surface area contributed by atoms with Crippen LogP contribution in [0.4, 0.5) is 0 Å². The van der Waals surface area contributed by atoms with E-state index >= 15 is 0 Å². The Morgan fingerprint density at radius 1 is 1.44 bits per heavy atom. The molecule has 2 aromatic rings. The van der Waals surface area contributed by atoms with Crippen LogP contribution < -0.4 is 5.43 Å². The van der Waals surface area contributed by atoms with Gasteiger partial charge in [-0.25, -0.2) is 9.66 Å². The molecular formula is C14H19N3S. The Morgan fingerprint density at radius 3 is 2.89 bits per heavy atom. The third kappa shape index (κ3) is 2.38. The molecule has 1 unspecified atom stereocenters. The van der Waals surface area contributed by atoms with Crippen LogP contribution in [0.25, 0.3) is 11.0 Å². The van der Waals surface area contributed by atoms with Crippen molar-refractivity contribution in [2.75, 3.05) is 5.43 Å². The highest BCUT2D eigenvalue weighted by atomic mass is 32.1. The number of aromatic nitrogens is 2. The summed E-state index contributed by atoms with van der Waals surface area (Å²) in [6.07, 6.45) is 3.79. The molecule has 96 valence electrons. The van der Waals surface area contributed by atoms with Gasteiger partial charge in [-0.1, -0.05) is 26.1 Å². The summed E-state index contributed by atoms with van der Waals surface area (Å²) < 4.78 is 2.79. The van der Waals surface area contributed by atoms with Crippen LogP contribution in [0, 0.1) is 4.64 Å². The van der Waals surface area contributed by atoms with Crippen molar-refractivity contribution in [3.05, 3.63) is 34.6 Å². The maximum atomic E-state index is 5.55. The SMILES string of the molecule is CCc1cc2cccnc2n(NC(C)CC)c1=S. The largest absolute Gasteiger partial charge is 0.320 e. The molecule has 0 aliphatic carbocycles. The number of fused-ring (bicyclic) bond motifs is 1. The highest BCUT2D eigenvalue weighted by molar-refractivity contribution is 7.71. The molecule has 0 bridgehead atoms. The lowest BCUT2D eigenvalue weighted by molar-refractivity contribution is 0.664. The average molecular weight is 261 g/mol. The smallest absolute Gasteiger partial charge is 0.159 e. The van der Waals surface area contributed by atoms with Crippen molar-refractivity contribution in [3.8, 4) is 0 Å². The fourth-order valence-corrected chi connectivity index (χ4v) is 2.23. The van der Waals surface area contributed by atoms with E-state index in [1.807, 2.05) is 10.7 Å². The van der Waals surface area contributed by atoms with Gasteiger partial charge in [0.2, 0.25) is 0 Å². The van der Waals surface area contributed by atoms with Gasteiger partial charge in [0, 0.05) is 17.6 Å². The Hall–Kier alpha value is -1.42. The molecule has 0 amide bonds.